The van der Waals surface area contributed by atoms with Crippen LogP contribution in [0.3, 0.4) is 0 Å². The van der Waals surface area contributed by atoms with E-state index in [1.54, 1.807) is 0 Å². The van der Waals surface area contributed by atoms with Crippen molar-refractivity contribution in [3.63, 3.8) is 0 Å². The van der Waals surface area contributed by atoms with Gasteiger partial charge < -0.3 is 9.80 Å². The monoisotopic (exact) mass is 353 g/mol. The Morgan fingerprint density at radius 2 is 1.96 bits per heavy atom. The van der Waals surface area contributed by atoms with Gasteiger partial charge in [0.05, 0.1) is 11.4 Å². The predicted octanol–water partition coefficient (Wildman–Crippen LogP) is 2.52. The summed E-state index contributed by atoms with van der Waals surface area (Å²) < 4.78 is 0. The van der Waals surface area contributed by atoms with Crippen molar-refractivity contribution in [3.05, 3.63) is 35.3 Å². The zero-order valence-corrected chi connectivity index (χ0v) is 15.7. The van der Waals surface area contributed by atoms with Crippen molar-refractivity contribution in [2.45, 2.75) is 45.6 Å². The molecule has 26 heavy (non-hydrogen) atoms. The minimum atomic E-state index is 0.129. The molecule has 0 atom stereocenters. The number of nitrogens with one attached hydrogen (secondary N) is 1. The molecule has 0 saturated carbocycles. The Balaban J connectivity index is 0.000000814. The lowest BCUT2D eigenvalue weighted by Crippen LogP contribution is -2.42. The molecule has 6 nitrogen and oxygen atoms in total. The number of aryl methyl sites for hydroxylation is 1. The molecule has 1 N–H and O–H groups in total. The number of pyridine rings is 1. The molecule has 3 fully saturated rings. The number of hydrogen-bond acceptors (Lipinski definition) is 4. The summed E-state index contributed by atoms with van der Waals surface area (Å²) in [6, 6.07) is 4.37. The predicted molar refractivity (Wildman–Crippen MR) is 101 cm³/mol. The topological polar surface area (TPSA) is 65.1 Å². The zero-order valence-electron chi connectivity index (χ0n) is 15.7. The highest BCUT2D eigenvalue weighted by Crippen LogP contribution is 2.33. The third-order valence-corrected chi connectivity index (χ3v) is 5.75. The van der Waals surface area contributed by atoms with Crippen molar-refractivity contribution in [1.29, 1.82) is 0 Å². The van der Waals surface area contributed by atoms with Crippen LogP contribution in [0.5, 0.6) is 0 Å². The number of H-pyrrole nitrogens is 1. The van der Waals surface area contributed by atoms with Crippen LogP contribution in [0.2, 0.25) is 0 Å². The quantitative estimate of drug-likeness (QED) is 0.856. The number of rotatable bonds is 1. The number of carbonyl (C=O) groups excluding carboxylic acids is 1. The van der Waals surface area contributed by atoms with Gasteiger partial charge in [-0.25, -0.2) is 0 Å². The molecule has 3 saturated heterocycles. The molecule has 2 bridgehead atoms. The number of carbonyl (C=O) groups is 1. The normalized spacial score (nSPS) is 23.4. The number of fused-ring (bicyclic) bond motifs is 7. The molecule has 2 aromatic rings. The van der Waals surface area contributed by atoms with Crippen molar-refractivity contribution in [1.82, 2.24) is 25.0 Å². The summed E-state index contributed by atoms with van der Waals surface area (Å²) in [6.07, 6.45) is 5.72. The molecule has 4 aliphatic rings. The molecule has 0 radical (unpaired) electrons. The molecule has 2 aromatic heterocycles. The van der Waals surface area contributed by atoms with E-state index in [1.165, 1.54) is 0 Å². The summed E-state index contributed by atoms with van der Waals surface area (Å²) in [5.41, 5.74) is 4.82. The van der Waals surface area contributed by atoms with Crippen LogP contribution < -0.4 is 0 Å². The van der Waals surface area contributed by atoms with E-state index in [9.17, 15) is 4.79 Å². The minimum Gasteiger partial charge on any atom is -0.333 e. The standard InChI is InChI=1S/C18H21N5O.C2H6/c24-18(23-11-10-22-8-5-12(23)6-9-22)17-14-3-4-15-13(2-1-7-19-15)16(14)20-21-17;1-2/h1-2,7,12H,3-6,8-11H2,(H,20,21);1-2H3. The minimum absolute atomic E-state index is 0.129. The van der Waals surface area contributed by atoms with Crippen LogP contribution >= 0.6 is 0 Å². The van der Waals surface area contributed by atoms with Gasteiger partial charge in [-0.1, -0.05) is 13.8 Å². The third-order valence-electron chi connectivity index (χ3n) is 5.75. The highest BCUT2D eigenvalue weighted by atomic mass is 16.2. The van der Waals surface area contributed by atoms with Crippen molar-refractivity contribution in [3.8, 4) is 11.3 Å². The van der Waals surface area contributed by atoms with E-state index < -0.39 is 0 Å². The van der Waals surface area contributed by atoms with Gasteiger partial charge in [-0.2, -0.15) is 5.10 Å². The molecule has 0 spiro atoms. The Morgan fingerprint density at radius 3 is 2.77 bits per heavy atom. The maximum absolute atomic E-state index is 13.2. The van der Waals surface area contributed by atoms with Crippen LogP contribution in [0.25, 0.3) is 11.3 Å². The molecule has 1 aliphatic carbocycles. The van der Waals surface area contributed by atoms with E-state index in [2.05, 4.69) is 31.0 Å². The molecule has 138 valence electrons. The summed E-state index contributed by atoms with van der Waals surface area (Å²) in [5, 5.41) is 7.53. The number of nitrogens with zero attached hydrogens (tertiary/aromatic N) is 4. The van der Waals surface area contributed by atoms with Crippen LogP contribution in [0.1, 0.15) is 48.4 Å². The number of hydrogen-bond donors (Lipinski definition) is 1. The van der Waals surface area contributed by atoms with Gasteiger partial charge >= 0.3 is 0 Å². The van der Waals surface area contributed by atoms with Crippen molar-refractivity contribution in [2.75, 3.05) is 26.2 Å². The molecular weight excluding hydrogens is 326 g/mol. The molecule has 5 heterocycles. The first-order valence-corrected chi connectivity index (χ1v) is 9.86. The maximum Gasteiger partial charge on any atom is 0.272 e. The molecule has 6 heteroatoms. The number of aromatic nitrogens is 3. The molecule has 1 amide bonds. The smallest absolute Gasteiger partial charge is 0.272 e. The Hall–Kier alpha value is -2.21. The van der Waals surface area contributed by atoms with Crippen LogP contribution in [0.15, 0.2) is 18.3 Å². The van der Waals surface area contributed by atoms with Gasteiger partial charge in [0.15, 0.2) is 0 Å². The fraction of sp³-hybridized carbons (Fsp3) is 0.550. The average Bonchev–Trinajstić information content (AvgIpc) is 2.92. The first-order valence-electron chi connectivity index (χ1n) is 9.86. The first-order chi connectivity index (χ1) is 12.8. The zero-order chi connectivity index (χ0) is 18.1. The lowest BCUT2D eigenvalue weighted by atomic mass is 9.92. The third kappa shape index (κ3) is 2.82. The van der Waals surface area contributed by atoms with E-state index >= 15 is 0 Å². The second-order valence-electron chi connectivity index (χ2n) is 6.99. The summed E-state index contributed by atoms with van der Waals surface area (Å²) in [4.78, 5) is 22.2. The van der Waals surface area contributed by atoms with Crippen LogP contribution in [-0.2, 0) is 12.8 Å². The summed E-state index contributed by atoms with van der Waals surface area (Å²) in [5.74, 6) is 0.129. The number of aromatic amines is 1. The van der Waals surface area contributed by atoms with Crippen LogP contribution in [0, 0.1) is 0 Å². The second-order valence-corrected chi connectivity index (χ2v) is 6.99. The Kier molecular flexibility index (Phi) is 4.76. The molecular formula is C20H27N5O. The van der Waals surface area contributed by atoms with E-state index in [1.807, 2.05) is 26.1 Å². The van der Waals surface area contributed by atoms with E-state index in [0.29, 0.717) is 11.7 Å². The van der Waals surface area contributed by atoms with Crippen molar-refractivity contribution < 1.29 is 4.79 Å². The van der Waals surface area contributed by atoms with Gasteiger partial charge in [-0.15, -0.1) is 0 Å². The fourth-order valence-corrected chi connectivity index (χ4v) is 4.40. The highest BCUT2D eigenvalue weighted by Gasteiger charge is 2.35. The average molecular weight is 353 g/mol. The van der Waals surface area contributed by atoms with Gasteiger partial charge in [-0.05, 0) is 37.8 Å². The van der Waals surface area contributed by atoms with Crippen molar-refractivity contribution >= 4 is 5.91 Å². The van der Waals surface area contributed by atoms with E-state index in [4.69, 9.17) is 0 Å². The van der Waals surface area contributed by atoms with Crippen LogP contribution in [-0.4, -0.2) is 63.1 Å². The molecule has 0 aromatic carbocycles. The Labute approximate surface area is 154 Å². The SMILES string of the molecule is CC.O=C(c1[nH]nc2c1CCc1ncccc1-2)N1CCN2CCC1CC2. The molecule has 3 aliphatic heterocycles. The number of piperidine rings is 1. The van der Waals surface area contributed by atoms with Crippen molar-refractivity contribution in [2.24, 2.45) is 0 Å². The van der Waals surface area contributed by atoms with Gasteiger partial charge in [0.25, 0.3) is 5.91 Å². The fourth-order valence-electron chi connectivity index (χ4n) is 4.40. The highest BCUT2D eigenvalue weighted by molar-refractivity contribution is 5.96. The first kappa shape index (κ1) is 17.2. The summed E-state index contributed by atoms with van der Waals surface area (Å²) in [6.45, 7) is 8.06. The largest absolute Gasteiger partial charge is 0.333 e. The van der Waals surface area contributed by atoms with Crippen LogP contribution in [0.4, 0.5) is 0 Å². The van der Waals surface area contributed by atoms with E-state index in [-0.39, 0.29) is 5.91 Å². The molecule has 0 unspecified atom stereocenters. The molecule has 6 rings (SSSR count). The summed E-state index contributed by atoms with van der Waals surface area (Å²) in [7, 11) is 0. The van der Waals surface area contributed by atoms with E-state index in [0.717, 1.165) is 74.4 Å². The Morgan fingerprint density at radius 1 is 1.15 bits per heavy atom. The lowest BCUT2D eigenvalue weighted by Gasteiger charge is -2.31. The Bertz CT molecular complexity index is 791. The lowest BCUT2D eigenvalue weighted by molar-refractivity contribution is 0.0677. The maximum atomic E-state index is 13.2. The van der Waals surface area contributed by atoms with Gasteiger partial charge in [-0.3, -0.25) is 14.9 Å². The number of amides is 1. The van der Waals surface area contributed by atoms with Gasteiger partial charge in [0.2, 0.25) is 0 Å². The summed E-state index contributed by atoms with van der Waals surface area (Å²) >= 11 is 0. The second kappa shape index (κ2) is 7.19. The van der Waals surface area contributed by atoms with Gasteiger partial charge in [0, 0.05) is 49.5 Å². The van der Waals surface area contributed by atoms with Gasteiger partial charge in [0.1, 0.15) is 5.69 Å².